The molecular formula is C17H19F3N2O2. The van der Waals surface area contributed by atoms with E-state index in [0.717, 1.165) is 15.7 Å². The number of nitrogens with one attached hydrogen (secondary N) is 1. The number of nitrogens with zero attached hydrogens (tertiary/aromatic N) is 1. The standard InChI is InChI=1S/C17H19F3N2O2/c1-11(22(2)10-15(23)17(18,19)20)16(24)21-14-8-7-12-5-3-4-6-13(12)9-14/h3-9,11,15,23H,10H2,1-2H3,(H,21,24). The van der Waals surface area contributed by atoms with Crippen LogP contribution in [0.15, 0.2) is 42.5 Å². The summed E-state index contributed by atoms with van der Waals surface area (Å²) < 4.78 is 37.2. The average molecular weight is 340 g/mol. The number of likely N-dealkylation sites (N-methyl/N-ethyl adjacent to an activating group) is 1. The second kappa shape index (κ2) is 7.19. The molecule has 24 heavy (non-hydrogen) atoms. The molecule has 2 atom stereocenters. The first kappa shape index (κ1) is 18.2. The van der Waals surface area contributed by atoms with E-state index in [-0.39, 0.29) is 0 Å². The number of aliphatic hydroxyl groups excluding tert-OH is 1. The van der Waals surface area contributed by atoms with Crippen LogP contribution in [-0.4, -0.2) is 47.8 Å². The van der Waals surface area contributed by atoms with Crippen molar-refractivity contribution >= 4 is 22.4 Å². The molecule has 130 valence electrons. The molecule has 0 saturated carbocycles. The molecule has 2 rings (SSSR count). The second-order valence-corrected chi connectivity index (χ2v) is 5.72. The van der Waals surface area contributed by atoms with Crippen LogP contribution in [0.3, 0.4) is 0 Å². The predicted molar refractivity (Wildman–Crippen MR) is 86.7 cm³/mol. The molecule has 0 aliphatic heterocycles. The number of carbonyl (C=O) groups is 1. The Balaban J connectivity index is 2.02. The molecular weight excluding hydrogens is 321 g/mol. The van der Waals surface area contributed by atoms with Crippen LogP contribution in [0.1, 0.15) is 6.92 Å². The van der Waals surface area contributed by atoms with Gasteiger partial charge >= 0.3 is 6.18 Å². The lowest BCUT2D eigenvalue weighted by Gasteiger charge is -2.27. The molecule has 7 heteroatoms. The zero-order chi connectivity index (χ0) is 17.9. The van der Waals surface area contributed by atoms with Crippen molar-refractivity contribution in [2.24, 2.45) is 0 Å². The van der Waals surface area contributed by atoms with Gasteiger partial charge in [-0.25, -0.2) is 0 Å². The van der Waals surface area contributed by atoms with Crippen molar-refractivity contribution in [3.05, 3.63) is 42.5 Å². The van der Waals surface area contributed by atoms with Crippen molar-refractivity contribution in [1.82, 2.24) is 4.90 Å². The van der Waals surface area contributed by atoms with Crippen LogP contribution < -0.4 is 5.32 Å². The molecule has 4 nitrogen and oxygen atoms in total. The van der Waals surface area contributed by atoms with E-state index in [4.69, 9.17) is 5.11 Å². The maximum atomic E-state index is 12.4. The van der Waals surface area contributed by atoms with Crippen LogP contribution >= 0.6 is 0 Å². The molecule has 0 heterocycles. The molecule has 2 N–H and O–H groups in total. The summed E-state index contributed by atoms with van der Waals surface area (Å²) in [5.74, 6) is -0.442. The normalized spacial score (nSPS) is 14.6. The van der Waals surface area contributed by atoms with Gasteiger partial charge in [0.2, 0.25) is 5.91 Å². The van der Waals surface area contributed by atoms with E-state index in [2.05, 4.69) is 5.32 Å². The molecule has 0 bridgehead atoms. The van der Waals surface area contributed by atoms with Crippen LogP contribution in [0, 0.1) is 0 Å². The summed E-state index contributed by atoms with van der Waals surface area (Å²) in [6, 6.07) is 12.2. The second-order valence-electron chi connectivity index (χ2n) is 5.72. The van der Waals surface area contributed by atoms with Crippen molar-refractivity contribution in [2.45, 2.75) is 25.2 Å². The molecule has 2 aromatic carbocycles. The summed E-state index contributed by atoms with van der Waals surface area (Å²) in [6.07, 6.45) is -7.19. The van der Waals surface area contributed by atoms with Crippen molar-refractivity contribution < 1.29 is 23.1 Å². The monoisotopic (exact) mass is 340 g/mol. The first-order valence-corrected chi connectivity index (χ1v) is 7.43. The molecule has 0 aliphatic rings. The minimum atomic E-state index is -4.71. The van der Waals surface area contributed by atoms with Gasteiger partial charge in [-0.2, -0.15) is 13.2 Å². The minimum absolute atomic E-state index is 0.442. The molecule has 0 radical (unpaired) electrons. The van der Waals surface area contributed by atoms with Crippen molar-refractivity contribution in [3.63, 3.8) is 0 Å². The Kier molecular flexibility index (Phi) is 5.46. The zero-order valence-electron chi connectivity index (χ0n) is 13.3. The van der Waals surface area contributed by atoms with Crippen molar-refractivity contribution in [2.75, 3.05) is 18.9 Å². The summed E-state index contributed by atoms with van der Waals surface area (Å²) in [4.78, 5) is 13.4. The van der Waals surface area contributed by atoms with Gasteiger partial charge < -0.3 is 10.4 Å². The van der Waals surface area contributed by atoms with E-state index >= 15 is 0 Å². The van der Waals surface area contributed by atoms with Gasteiger partial charge in [0, 0.05) is 12.2 Å². The maximum Gasteiger partial charge on any atom is 0.415 e. The number of carbonyl (C=O) groups excluding carboxylic acids is 1. The van der Waals surface area contributed by atoms with Crippen LogP contribution in [0.5, 0.6) is 0 Å². The van der Waals surface area contributed by atoms with E-state index in [1.54, 1.807) is 12.1 Å². The number of halogens is 3. The third-order valence-electron chi connectivity index (χ3n) is 3.90. The van der Waals surface area contributed by atoms with E-state index < -0.39 is 30.8 Å². The Bertz CT molecular complexity index is 718. The quantitative estimate of drug-likeness (QED) is 0.880. The van der Waals surface area contributed by atoms with Gasteiger partial charge in [-0.05, 0) is 36.9 Å². The number of alkyl halides is 3. The summed E-state index contributed by atoms with van der Waals surface area (Å²) in [5, 5.41) is 13.7. The SMILES string of the molecule is CC(C(=O)Nc1ccc2ccccc2c1)N(C)CC(O)C(F)(F)F. The Labute approximate surface area is 137 Å². The zero-order valence-corrected chi connectivity index (χ0v) is 13.3. The van der Waals surface area contributed by atoms with Crippen molar-refractivity contribution in [1.29, 1.82) is 0 Å². The lowest BCUT2D eigenvalue weighted by molar-refractivity contribution is -0.208. The van der Waals surface area contributed by atoms with Gasteiger partial charge in [-0.3, -0.25) is 9.69 Å². The largest absolute Gasteiger partial charge is 0.415 e. The predicted octanol–water partition coefficient (Wildman–Crippen LogP) is 3.02. The molecule has 0 fully saturated rings. The highest BCUT2D eigenvalue weighted by atomic mass is 19.4. The Morgan fingerprint density at radius 1 is 1.21 bits per heavy atom. The first-order chi connectivity index (χ1) is 11.2. The van der Waals surface area contributed by atoms with Crippen molar-refractivity contribution in [3.8, 4) is 0 Å². The van der Waals surface area contributed by atoms with Gasteiger partial charge in [0.25, 0.3) is 0 Å². The van der Waals surface area contributed by atoms with Crippen LogP contribution in [0.25, 0.3) is 10.8 Å². The summed E-state index contributed by atoms with van der Waals surface area (Å²) in [5.41, 5.74) is 0.565. The van der Waals surface area contributed by atoms with Gasteiger partial charge in [0.1, 0.15) is 0 Å². The number of aliphatic hydroxyl groups is 1. The van der Waals surface area contributed by atoms with E-state index in [9.17, 15) is 18.0 Å². The van der Waals surface area contributed by atoms with Gasteiger partial charge in [-0.1, -0.05) is 30.3 Å². The number of amides is 1. The molecule has 1 amide bonds. The highest BCUT2D eigenvalue weighted by Crippen LogP contribution is 2.22. The number of anilines is 1. The molecule has 2 unspecified atom stereocenters. The molecule has 0 aliphatic carbocycles. The minimum Gasteiger partial charge on any atom is -0.382 e. The smallest absolute Gasteiger partial charge is 0.382 e. The van der Waals surface area contributed by atoms with Gasteiger partial charge in [-0.15, -0.1) is 0 Å². The molecule has 0 aromatic heterocycles. The lowest BCUT2D eigenvalue weighted by atomic mass is 10.1. The lowest BCUT2D eigenvalue weighted by Crippen LogP contribution is -2.46. The van der Waals surface area contributed by atoms with E-state index in [0.29, 0.717) is 5.69 Å². The Morgan fingerprint density at radius 2 is 1.83 bits per heavy atom. The third-order valence-corrected chi connectivity index (χ3v) is 3.90. The van der Waals surface area contributed by atoms with Gasteiger partial charge in [0.05, 0.1) is 6.04 Å². The summed E-state index contributed by atoms with van der Waals surface area (Å²) >= 11 is 0. The Hall–Kier alpha value is -2.12. The topological polar surface area (TPSA) is 52.6 Å². The molecule has 0 saturated heterocycles. The Morgan fingerprint density at radius 3 is 2.46 bits per heavy atom. The summed E-state index contributed by atoms with van der Waals surface area (Å²) in [6.45, 7) is 0.815. The summed E-state index contributed by atoms with van der Waals surface area (Å²) in [7, 11) is 1.36. The fraction of sp³-hybridized carbons (Fsp3) is 0.353. The highest BCUT2D eigenvalue weighted by Gasteiger charge is 2.39. The fourth-order valence-corrected chi connectivity index (χ4v) is 2.25. The number of hydrogen-bond acceptors (Lipinski definition) is 3. The number of hydrogen-bond donors (Lipinski definition) is 2. The molecule has 2 aromatic rings. The van der Waals surface area contributed by atoms with Crippen LogP contribution in [0.4, 0.5) is 18.9 Å². The number of benzene rings is 2. The maximum absolute atomic E-state index is 12.4. The third kappa shape index (κ3) is 4.46. The molecule has 0 spiro atoms. The van der Waals surface area contributed by atoms with E-state index in [1.165, 1.54) is 14.0 Å². The fourth-order valence-electron chi connectivity index (χ4n) is 2.25. The van der Waals surface area contributed by atoms with Gasteiger partial charge in [0.15, 0.2) is 6.10 Å². The average Bonchev–Trinajstić information content (AvgIpc) is 2.52. The number of rotatable bonds is 5. The van der Waals surface area contributed by atoms with Crippen LogP contribution in [0.2, 0.25) is 0 Å². The number of fused-ring (bicyclic) bond motifs is 1. The first-order valence-electron chi connectivity index (χ1n) is 7.43. The van der Waals surface area contributed by atoms with Crippen LogP contribution in [-0.2, 0) is 4.79 Å². The van der Waals surface area contributed by atoms with E-state index in [1.807, 2.05) is 30.3 Å². The highest BCUT2D eigenvalue weighted by molar-refractivity contribution is 5.97.